The normalized spacial score (nSPS) is 10.9. The highest BCUT2D eigenvalue weighted by atomic mass is 35.5. The number of nitrogens with one attached hydrogen (secondary N) is 1. The summed E-state index contributed by atoms with van der Waals surface area (Å²) in [6.07, 6.45) is 2.15. The maximum absolute atomic E-state index is 5.90. The highest BCUT2D eigenvalue weighted by Gasteiger charge is 2.00. The lowest BCUT2D eigenvalue weighted by Gasteiger charge is -2.08. The summed E-state index contributed by atoms with van der Waals surface area (Å²) in [6, 6.07) is 5.34. The van der Waals surface area contributed by atoms with Crippen molar-refractivity contribution in [1.29, 1.82) is 0 Å². The molecule has 0 amide bonds. The molecule has 1 N–H and O–H groups in total. The van der Waals surface area contributed by atoms with Gasteiger partial charge in [0.25, 0.3) is 0 Å². The van der Waals surface area contributed by atoms with E-state index in [4.69, 9.17) is 27.9 Å². The first-order chi connectivity index (χ1) is 8.59. The lowest BCUT2D eigenvalue weighted by Crippen LogP contribution is -2.21. The van der Waals surface area contributed by atoms with Crippen molar-refractivity contribution in [3.8, 4) is 5.75 Å². The van der Waals surface area contributed by atoms with Crippen LogP contribution in [-0.4, -0.2) is 19.7 Å². The van der Waals surface area contributed by atoms with Gasteiger partial charge in [0.15, 0.2) is 0 Å². The van der Waals surface area contributed by atoms with Gasteiger partial charge in [0.2, 0.25) is 0 Å². The van der Waals surface area contributed by atoms with Crippen LogP contribution in [0.3, 0.4) is 0 Å². The van der Waals surface area contributed by atoms with Gasteiger partial charge in [-0.3, -0.25) is 0 Å². The van der Waals surface area contributed by atoms with E-state index >= 15 is 0 Å². The summed E-state index contributed by atoms with van der Waals surface area (Å²) < 4.78 is 5.60. The van der Waals surface area contributed by atoms with Crippen LogP contribution in [0.1, 0.15) is 26.7 Å². The van der Waals surface area contributed by atoms with Gasteiger partial charge in [-0.15, -0.1) is 0 Å². The fourth-order valence-electron chi connectivity index (χ4n) is 1.50. The number of ether oxygens (including phenoxy) is 1. The lowest BCUT2D eigenvalue weighted by molar-refractivity contribution is 0.305. The standard InChI is InChI=1S/C14H21Cl2NO/c1-11(2)10-17-7-3-4-8-18-12-5-6-13(15)14(16)9-12/h5-6,9,11,17H,3-4,7-8,10H2,1-2H3. The maximum atomic E-state index is 5.90. The Labute approximate surface area is 120 Å². The molecule has 1 rings (SSSR count). The number of benzene rings is 1. The molecule has 0 atom stereocenters. The molecule has 4 heteroatoms. The van der Waals surface area contributed by atoms with Crippen molar-refractivity contribution in [2.45, 2.75) is 26.7 Å². The van der Waals surface area contributed by atoms with Crippen LogP contribution in [-0.2, 0) is 0 Å². The average Bonchev–Trinajstić information content (AvgIpc) is 2.32. The van der Waals surface area contributed by atoms with Crippen molar-refractivity contribution in [2.75, 3.05) is 19.7 Å². The highest BCUT2D eigenvalue weighted by Crippen LogP contribution is 2.26. The molecule has 102 valence electrons. The molecular weight excluding hydrogens is 269 g/mol. The Balaban J connectivity index is 2.09. The van der Waals surface area contributed by atoms with Crippen LogP contribution in [0.4, 0.5) is 0 Å². The Morgan fingerprint density at radius 2 is 1.94 bits per heavy atom. The van der Waals surface area contributed by atoms with Gasteiger partial charge in [-0.2, -0.15) is 0 Å². The summed E-state index contributed by atoms with van der Waals surface area (Å²) in [4.78, 5) is 0. The van der Waals surface area contributed by atoms with E-state index in [1.165, 1.54) is 0 Å². The minimum Gasteiger partial charge on any atom is -0.494 e. The van der Waals surface area contributed by atoms with E-state index in [-0.39, 0.29) is 0 Å². The Bertz CT molecular complexity index is 356. The molecule has 0 aliphatic carbocycles. The second-order valence-electron chi connectivity index (χ2n) is 4.73. The second-order valence-corrected chi connectivity index (χ2v) is 5.54. The van der Waals surface area contributed by atoms with E-state index < -0.39 is 0 Å². The Hall–Kier alpha value is -0.440. The van der Waals surface area contributed by atoms with Gasteiger partial charge in [0.05, 0.1) is 16.7 Å². The molecule has 0 saturated carbocycles. The summed E-state index contributed by atoms with van der Waals surface area (Å²) in [5.74, 6) is 1.48. The monoisotopic (exact) mass is 289 g/mol. The molecule has 0 unspecified atom stereocenters. The number of hydrogen-bond donors (Lipinski definition) is 1. The zero-order valence-corrected chi connectivity index (χ0v) is 12.5. The molecule has 0 radical (unpaired) electrons. The average molecular weight is 290 g/mol. The zero-order chi connectivity index (χ0) is 13.4. The van der Waals surface area contributed by atoms with Gasteiger partial charge in [-0.1, -0.05) is 37.0 Å². The predicted molar refractivity (Wildman–Crippen MR) is 78.9 cm³/mol. The first-order valence-electron chi connectivity index (χ1n) is 6.38. The first-order valence-corrected chi connectivity index (χ1v) is 7.13. The third-order valence-corrected chi connectivity index (χ3v) is 3.20. The maximum Gasteiger partial charge on any atom is 0.120 e. The molecule has 0 bridgehead atoms. The number of hydrogen-bond acceptors (Lipinski definition) is 2. The van der Waals surface area contributed by atoms with Crippen LogP contribution in [0.15, 0.2) is 18.2 Å². The summed E-state index contributed by atoms with van der Waals surface area (Å²) in [7, 11) is 0. The molecule has 2 nitrogen and oxygen atoms in total. The number of rotatable bonds is 8. The molecule has 1 aromatic carbocycles. The van der Waals surface area contributed by atoms with Crippen LogP contribution in [0.25, 0.3) is 0 Å². The minimum absolute atomic E-state index is 0.535. The minimum atomic E-state index is 0.535. The first kappa shape index (κ1) is 15.6. The van der Waals surface area contributed by atoms with Gasteiger partial charge >= 0.3 is 0 Å². The lowest BCUT2D eigenvalue weighted by atomic mass is 10.2. The summed E-state index contributed by atoms with van der Waals surface area (Å²) in [5, 5.41) is 4.50. The number of halogens is 2. The SMILES string of the molecule is CC(C)CNCCCCOc1ccc(Cl)c(Cl)c1. The van der Waals surface area contributed by atoms with Crippen molar-refractivity contribution >= 4 is 23.2 Å². The van der Waals surface area contributed by atoms with Crippen molar-refractivity contribution in [1.82, 2.24) is 5.32 Å². The molecule has 0 aliphatic rings. The van der Waals surface area contributed by atoms with E-state index in [0.29, 0.717) is 22.6 Å². The van der Waals surface area contributed by atoms with Gasteiger partial charge in [0.1, 0.15) is 5.75 Å². The molecular formula is C14H21Cl2NO. The molecule has 0 aromatic heterocycles. The van der Waals surface area contributed by atoms with Crippen LogP contribution < -0.4 is 10.1 Å². The van der Waals surface area contributed by atoms with Gasteiger partial charge in [0, 0.05) is 6.07 Å². The van der Waals surface area contributed by atoms with Gasteiger partial charge < -0.3 is 10.1 Å². The van der Waals surface area contributed by atoms with Crippen molar-refractivity contribution in [3.63, 3.8) is 0 Å². The van der Waals surface area contributed by atoms with Crippen LogP contribution in [0.5, 0.6) is 5.75 Å². The topological polar surface area (TPSA) is 21.3 Å². The van der Waals surface area contributed by atoms with E-state index in [1.54, 1.807) is 12.1 Å². The van der Waals surface area contributed by atoms with Crippen molar-refractivity contribution < 1.29 is 4.74 Å². The molecule has 0 fully saturated rings. The third-order valence-electron chi connectivity index (χ3n) is 2.46. The molecule has 0 heterocycles. The Kier molecular flexibility index (Phi) is 7.48. The summed E-state index contributed by atoms with van der Waals surface area (Å²) in [6.45, 7) is 7.25. The van der Waals surface area contributed by atoms with Gasteiger partial charge in [-0.25, -0.2) is 0 Å². The molecule has 0 aliphatic heterocycles. The molecule has 1 aromatic rings. The fourth-order valence-corrected chi connectivity index (χ4v) is 1.79. The van der Waals surface area contributed by atoms with Crippen LogP contribution in [0.2, 0.25) is 10.0 Å². The van der Waals surface area contributed by atoms with Crippen LogP contribution >= 0.6 is 23.2 Å². The second kappa shape index (κ2) is 8.63. The fraction of sp³-hybridized carbons (Fsp3) is 0.571. The molecule has 18 heavy (non-hydrogen) atoms. The van der Waals surface area contributed by atoms with E-state index in [9.17, 15) is 0 Å². The van der Waals surface area contributed by atoms with Gasteiger partial charge in [-0.05, 0) is 44.0 Å². The number of unbranched alkanes of at least 4 members (excludes halogenated alkanes) is 1. The van der Waals surface area contributed by atoms with Crippen molar-refractivity contribution in [3.05, 3.63) is 28.2 Å². The smallest absolute Gasteiger partial charge is 0.120 e. The van der Waals surface area contributed by atoms with Crippen LogP contribution in [0, 0.1) is 5.92 Å². The highest BCUT2D eigenvalue weighted by molar-refractivity contribution is 6.42. The Morgan fingerprint density at radius 1 is 1.17 bits per heavy atom. The Morgan fingerprint density at radius 3 is 2.61 bits per heavy atom. The third kappa shape index (κ3) is 6.48. The zero-order valence-electron chi connectivity index (χ0n) is 11.0. The summed E-state index contributed by atoms with van der Waals surface area (Å²) in [5.41, 5.74) is 0. The summed E-state index contributed by atoms with van der Waals surface area (Å²) >= 11 is 11.7. The largest absolute Gasteiger partial charge is 0.494 e. The van der Waals surface area contributed by atoms with Crippen molar-refractivity contribution in [2.24, 2.45) is 5.92 Å². The quantitative estimate of drug-likeness (QED) is 0.717. The van der Waals surface area contributed by atoms with E-state index in [1.807, 2.05) is 6.07 Å². The van der Waals surface area contributed by atoms with E-state index in [2.05, 4.69) is 19.2 Å². The predicted octanol–water partition coefficient (Wildman–Crippen LogP) is 4.40. The molecule has 0 spiro atoms. The van der Waals surface area contributed by atoms with E-state index in [0.717, 1.165) is 31.7 Å². The molecule has 0 saturated heterocycles.